The Hall–Kier alpha value is -1.63. The maximum atomic E-state index is 12.2. The molecule has 21 heavy (non-hydrogen) atoms. The highest BCUT2D eigenvalue weighted by atomic mass is 16.2. The van der Waals surface area contributed by atoms with Gasteiger partial charge in [0.15, 0.2) is 0 Å². The molecule has 0 aromatic heterocycles. The average Bonchev–Trinajstić information content (AvgIpc) is 2.80. The summed E-state index contributed by atoms with van der Waals surface area (Å²) in [5.74, 6) is -0.660. The first kappa shape index (κ1) is 17.4. The van der Waals surface area contributed by atoms with Crippen molar-refractivity contribution in [2.24, 2.45) is 17.6 Å². The Morgan fingerprint density at radius 2 is 2.00 bits per heavy atom. The predicted molar refractivity (Wildman–Crippen MR) is 79.2 cm³/mol. The van der Waals surface area contributed by atoms with Crippen molar-refractivity contribution in [3.05, 3.63) is 0 Å². The molecule has 1 heterocycles. The highest BCUT2D eigenvalue weighted by Crippen LogP contribution is 2.15. The predicted octanol–water partition coefficient (Wildman–Crippen LogP) is -0.883. The molecule has 120 valence electrons. The van der Waals surface area contributed by atoms with E-state index in [9.17, 15) is 14.4 Å². The topological polar surface area (TPSA) is 113 Å². The monoisotopic (exact) mass is 298 g/mol. The molecule has 7 nitrogen and oxygen atoms in total. The minimum Gasteiger partial charge on any atom is -0.368 e. The zero-order valence-electron chi connectivity index (χ0n) is 12.9. The molecule has 0 radical (unpaired) electrons. The number of nitrogens with two attached hydrogens (primary N) is 1. The van der Waals surface area contributed by atoms with E-state index in [2.05, 4.69) is 16.0 Å². The summed E-state index contributed by atoms with van der Waals surface area (Å²) in [5, 5.41) is 8.36. The summed E-state index contributed by atoms with van der Waals surface area (Å²) >= 11 is 0. The van der Waals surface area contributed by atoms with E-state index < -0.39 is 11.9 Å². The SMILES string of the molecule is CC(C)C[C@H](NC(=O)C1NCCC1C)C(=O)NCC(N)=O. The molecule has 1 aliphatic heterocycles. The number of primary amides is 1. The largest absolute Gasteiger partial charge is 0.368 e. The van der Waals surface area contributed by atoms with Gasteiger partial charge in [-0.3, -0.25) is 14.4 Å². The van der Waals surface area contributed by atoms with E-state index in [1.54, 1.807) is 0 Å². The van der Waals surface area contributed by atoms with Crippen molar-refractivity contribution in [2.45, 2.75) is 45.7 Å². The molecule has 0 aliphatic carbocycles. The van der Waals surface area contributed by atoms with Crippen LogP contribution in [0.2, 0.25) is 0 Å². The standard InChI is InChI=1S/C14H26N4O3/c1-8(2)6-10(13(20)17-7-11(15)19)18-14(21)12-9(3)4-5-16-12/h8-10,12,16H,4-7H2,1-3H3,(H2,15,19)(H,17,20)(H,18,21)/t9?,10-,12?/m0/s1. The highest BCUT2D eigenvalue weighted by molar-refractivity contribution is 5.91. The minimum absolute atomic E-state index is 0.167. The first-order chi connectivity index (χ1) is 9.81. The number of amides is 3. The molecule has 1 fully saturated rings. The Balaban J connectivity index is 2.62. The number of carbonyl (C=O) groups excluding carboxylic acids is 3. The molecule has 3 atom stereocenters. The Bertz CT molecular complexity index is 398. The van der Waals surface area contributed by atoms with Crippen LogP contribution in [0.1, 0.15) is 33.6 Å². The Morgan fingerprint density at radius 1 is 1.33 bits per heavy atom. The van der Waals surface area contributed by atoms with E-state index in [1.165, 1.54) is 0 Å². The van der Waals surface area contributed by atoms with Crippen LogP contribution in [0.25, 0.3) is 0 Å². The van der Waals surface area contributed by atoms with Crippen LogP contribution in [0, 0.1) is 11.8 Å². The summed E-state index contributed by atoms with van der Waals surface area (Å²) in [7, 11) is 0. The molecule has 2 unspecified atom stereocenters. The molecule has 1 rings (SSSR count). The zero-order valence-corrected chi connectivity index (χ0v) is 12.9. The quantitative estimate of drug-likeness (QED) is 0.488. The van der Waals surface area contributed by atoms with Crippen LogP contribution >= 0.6 is 0 Å². The lowest BCUT2D eigenvalue weighted by Crippen LogP contribution is -2.53. The number of carbonyl (C=O) groups is 3. The van der Waals surface area contributed by atoms with Crippen LogP contribution in [0.15, 0.2) is 0 Å². The molecular formula is C14H26N4O3. The van der Waals surface area contributed by atoms with Gasteiger partial charge in [0, 0.05) is 0 Å². The summed E-state index contributed by atoms with van der Waals surface area (Å²) in [6, 6.07) is -0.907. The van der Waals surface area contributed by atoms with Crippen LogP contribution in [-0.4, -0.2) is 42.9 Å². The second-order valence-corrected chi connectivity index (χ2v) is 6.07. The third kappa shape index (κ3) is 5.71. The summed E-state index contributed by atoms with van der Waals surface area (Å²) in [5.41, 5.74) is 5.01. The second kappa shape index (κ2) is 7.97. The van der Waals surface area contributed by atoms with Crippen molar-refractivity contribution in [1.82, 2.24) is 16.0 Å². The second-order valence-electron chi connectivity index (χ2n) is 6.07. The molecule has 1 saturated heterocycles. The highest BCUT2D eigenvalue weighted by Gasteiger charge is 2.32. The first-order valence-corrected chi connectivity index (χ1v) is 7.41. The minimum atomic E-state index is -0.647. The Morgan fingerprint density at radius 3 is 2.48 bits per heavy atom. The van der Waals surface area contributed by atoms with Gasteiger partial charge in [-0.25, -0.2) is 0 Å². The molecule has 1 aliphatic rings. The van der Waals surface area contributed by atoms with E-state index in [0.29, 0.717) is 6.42 Å². The van der Waals surface area contributed by atoms with Crippen molar-refractivity contribution in [1.29, 1.82) is 0 Å². The molecule has 0 spiro atoms. The normalized spacial score (nSPS) is 22.9. The Labute approximate surface area is 125 Å². The first-order valence-electron chi connectivity index (χ1n) is 7.41. The van der Waals surface area contributed by atoms with Crippen molar-refractivity contribution in [3.63, 3.8) is 0 Å². The average molecular weight is 298 g/mol. The van der Waals surface area contributed by atoms with Gasteiger partial charge in [0.25, 0.3) is 0 Å². The van der Waals surface area contributed by atoms with Gasteiger partial charge in [-0.2, -0.15) is 0 Å². The molecular weight excluding hydrogens is 272 g/mol. The number of rotatable bonds is 7. The number of nitrogens with one attached hydrogen (secondary N) is 3. The van der Waals surface area contributed by atoms with Gasteiger partial charge in [0.2, 0.25) is 17.7 Å². The fourth-order valence-corrected chi connectivity index (χ4v) is 2.45. The lowest BCUT2D eigenvalue weighted by atomic mass is 10.00. The smallest absolute Gasteiger partial charge is 0.243 e. The number of hydrogen-bond donors (Lipinski definition) is 4. The summed E-state index contributed by atoms with van der Waals surface area (Å²) in [4.78, 5) is 35.0. The fraction of sp³-hybridized carbons (Fsp3) is 0.786. The van der Waals surface area contributed by atoms with Gasteiger partial charge in [-0.05, 0) is 31.2 Å². The van der Waals surface area contributed by atoms with Crippen molar-refractivity contribution < 1.29 is 14.4 Å². The van der Waals surface area contributed by atoms with Crippen molar-refractivity contribution >= 4 is 17.7 Å². The third-order valence-corrected chi connectivity index (χ3v) is 3.59. The van der Waals surface area contributed by atoms with Crippen LogP contribution in [-0.2, 0) is 14.4 Å². The molecule has 3 amide bonds. The van der Waals surface area contributed by atoms with Gasteiger partial charge >= 0.3 is 0 Å². The molecule has 0 aromatic carbocycles. The maximum Gasteiger partial charge on any atom is 0.243 e. The van der Waals surface area contributed by atoms with Gasteiger partial charge in [0.05, 0.1) is 12.6 Å². The lowest BCUT2D eigenvalue weighted by Gasteiger charge is -2.23. The van der Waals surface area contributed by atoms with Crippen molar-refractivity contribution in [2.75, 3.05) is 13.1 Å². The van der Waals surface area contributed by atoms with Gasteiger partial charge < -0.3 is 21.7 Å². The van der Waals surface area contributed by atoms with E-state index in [0.717, 1.165) is 13.0 Å². The molecule has 7 heteroatoms. The summed E-state index contributed by atoms with van der Waals surface area (Å²) in [6.45, 7) is 6.53. The van der Waals surface area contributed by atoms with Gasteiger partial charge in [0.1, 0.15) is 6.04 Å². The van der Waals surface area contributed by atoms with Crippen LogP contribution < -0.4 is 21.7 Å². The fourth-order valence-electron chi connectivity index (χ4n) is 2.45. The summed E-state index contributed by atoms with van der Waals surface area (Å²) < 4.78 is 0. The van der Waals surface area contributed by atoms with E-state index in [4.69, 9.17) is 5.73 Å². The third-order valence-electron chi connectivity index (χ3n) is 3.59. The number of hydrogen-bond acceptors (Lipinski definition) is 4. The summed E-state index contributed by atoms with van der Waals surface area (Å²) in [6.07, 6.45) is 1.46. The van der Waals surface area contributed by atoms with Crippen LogP contribution in [0.5, 0.6) is 0 Å². The van der Waals surface area contributed by atoms with Crippen LogP contribution in [0.3, 0.4) is 0 Å². The molecule has 0 aromatic rings. The van der Waals surface area contributed by atoms with E-state index in [1.807, 2.05) is 20.8 Å². The lowest BCUT2D eigenvalue weighted by molar-refractivity contribution is -0.131. The zero-order chi connectivity index (χ0) is 16.0. The Kier molecular flexibility index (Phi) is 6.61. The van der Waals surface area contributed by atoms with Gasteiger partial charge in [-0.15, -0.1) is 0 Å². The molecule has 0 saturated carbocycles. The van der Waals surface area contributed by atoms with Crippen LogP contribution in [0.4, 0.5) is 0 Å². The molecule has 5 N–H and O–H groups in total. The van der Waals surface area contributed by atoms with E-state index >= 15 is 0 Å². The van der Waals surface area contributed by atoms with E-state index in [-0.39, 0.29) is 36.2 Å². The molecule has 0 bridgehead atoms. The maximum absolute atomic E-state index is 12.2. The van der Waals surface area contributed by atoms with Gasteiger partial charge in [-0.1, -0.05) is 20.8 Å². The van der Waals surface area contributed by atoms with Crippen molar-refractivity contribution in [3.8, 4) is 0 Å².